The highest BCUT2D eigenvalue weighted by Gasteiger charge is 2.56. The first-order valence-corrected chi connectivity index (χ1v) is 8.43. The smallest absolute Gasteiger partial charge is 0.379 e. The van der Waals surface area contributed by atoms with Gasteiger partial charge in [0.15, 0.2) is 5.60 Å². The van der Waals surface area contributed by atoms with Crippen molar-refractivity contribution in [2.24, 2.45) is 0 Å². The summed E-state index contributed by atoms with van der Waals surface area (Å²) in [6, 6.07) is 6.09. The van der Waals surface area contributed by atoms with E-state index in [1.807, 2.05) is 0 Å². The summed E-state index contributed by atoms with van der Waals surface area (Å²) in [7, 11) is -0.776. The van der Waals surface area contributed by atoms with Crippen LogP contribution in [0.3, 0.4) is 0 Å². The number of benzene rings is 1. The van der Waals surface area contributed by atoms with Gasteiger partial charge in [0.2, 0.25) is 10.0 Å². The molecule has 1 saturated heterocycles. The lowest BCUT2D eigenvalue weighted by molar-refractivity contribution is -0.254. The third-order valence-corrected chi connectivity index (χ3v) is 5.75. The molecule has 130 valence electrons. The van der Waals surface area contributed by atoms with E-state index in [1.165, 1.54) is 31.1 Å². The number of likely N-dealkylation sites (tertiary alicyclic amines) is 1. The first kappa shape index (κ1) is 18.2. The van der Waals surface area contributed by atoms with Gasteiger partial charge in [-0.25, -0.2) is 12.7 Å². The van der Waals surface area contributed by atoms with Gasteiger partial charge in [-0.05, 0) is 24.1 Å². The lowest BCUT2D eigenvalue weighted by Gasteiger charge is -2.26. The van der Waals surface area contributed by atoms with Gasteiger partial charge in [-0.3, -0.25) is 4.90 Å². The summed E-state index contributed by atoms with van der Waals surface area (Å²) in [5.74, 6) is 0. The molecule has 1 aromatic carbocycles. The Balaban J connectivity index is 2.14. The molecular formula is C14H19F3N2O3S. The van der Waals surface area contributed by atoms with Crippen molar-refractivity contribution in [2.75, 3.05) is 27.2 Å². The first-order valence-electron chi connectivity index (χ1n) is 6.99. The number of hydrogen-bond acceptors (Lipinski definition) is 4. The minimum absolute atomic E-state index is 0.0882. The second kappa shape index (κ2) is 6.04. The van der Waals surface area contributed by atoms with Crippen LogP contribution in [0.4, 0.5) is 13.2 Å². The molecule has 1 heterocycles. The maximum atomic E-state index is 12.8. The Morgan fingerprint density at radius 2 is 2.00 bits per heavy atom. The second-order valence-electron chi connectivity index (χ2n) is 5.92. The molecular weight excluding hydrogens is 333 g/mol. The van der Waals surface area contributed by atoms with Crippen LogP contribution in [0.5, 0.6) is 0 Å². The molecule has 1 atom stereocenters. The summed E-state index contributed by atoms with van der Waals surface area (Å²) in [5.41, 5.74) is -2.11. The van der Waals surface area contributed by atoms with Crippen LogP contribution in [0.25, 0.3) is 0 Å². The van der Waals surface area contributed by atoms with Crippen molar-refractivity contribution in [3.05, 3.63) is 29.8 Å². The standard InChI is InChI=1S/C14H19F3N2O3S/c1-18(2)23(21,22)12-5-3-4-11(8-12)9-19-7-6-13(20,10-19)14(15,16)17/h3-5,8,20H,6-7,9-10H2,1-2H3. The van der Waals surface area contributed by atoms with E-state index in [4.69, 9.17) is 0 Å². The van der Waals surface area contributed by atoms with Crippen LogP contribution < -0.4 is 0 Å². The van der Waals surface area contributed by atoms with Crippen molar-refractivity contribution in [1.82, 2.24) is 9.21 Å². The quantitative estimate of drug-likeness (QED) is 0.891. The van der Waals surface area contributed by atoms with Crippen molar-refractivity contribution in [2.45, 2.75) is 29.6 Å². The molecule has 0 aliphatic carbocycles. The van der Waals surface area contributed by atoms with Crippen molar-refractivity contribution in [3.8, 4) is 0 Å². The van der Waals surface area contributed by atoms with Gasteiger partial charge in [0.05, 0.1) is 4.90 Å². The number of rotatable bonds is 4. The fraction of sp³-hybridized carbons (Fsp3) is 0.571. The average Bonchev–Trinajstić information content (AvgIpc) is 2.81. The third-order valence-electron chi connectivity index (χ3n) is 3.94. The Hall–Kier alpha value is -1.16. The zero-order valence-corrected chi connectivity index (χ0v) is 13.7. The molecule has 0 bridgehead atoms. The third kappa shape index (κ3) is 3.68. The number of sulfonamides is 1. The lowest BCUT2D eigenvalue weighted by atomic mass is 10.0. The Bertz CT molecular complexity index is 676. The minimum Gasteiger partial charge on any atom is -0.379 e. The van der Waals surface area contributed by atoms with Crippen LogP contribution in [0.2, 0.25) is 0 Å². The predicted molar refractivity (Wildman–Crippen MR) is 78.2 cm³/mol. The van der Waals surface area contributed by atoms with E-state index >= 15 is 0 Å². The zero-order valence-electron chi connectivity index (χ0n) is 12.8. The van der Waals surface area contributed by atoms with Crippen LogP contribution in [-0.2, 0) is 16.6 Å². The average molecular weight is 352 g/mol. The minimum atomic E-state index is -4.67. The highest BCUT2D eigenvalue weighted by Crippen LogP contribution is 2.38. The molecule has 9 heteroatoms. The maximum absolute atomic E-state index is 12.8. The normalized spacial score (nSPS) is 23.6. The molecule has 0 amide bonds. The fourth-order valence-corrected chi connectivity index (χ4v) is 3.48. The number of nitrogens with zero attached hydrogens (tertiary/aromatic N) is 2. The van der Waals surface area contributed by atoms with E-state index in [-0.39, 0.29) is 24.4 Å². The summed E-state index contributed by atoms with van der Waals surface area (Å²) < 4.78 is 63.6. The summed E-state index contributed by atoms with van der Waals surface area (Å²) >= 11 is 0. The Kier molecular flexibility index (Phi) is 4.78. The molecule has 0 saturated carbocycles. The van der Waals surface area contributed by atoms with Crippen LogP contribution in [-0.4, -0.2) is 61.7 Å². The summed E-state index contributed by atoms with van der Waals surface area (Å²) in [6.07, 6.45) is -5.05. The van der Waals surface area contributed by atoms with E-state index < -0.39 is 28.3 Å². The van der Waals surface area contributed by atoms with E-state index in [1.54, 1.807) is 12.1 Å². The maximum Gasteiger partial charge on any atom is 0.418 e. The fourth-order valence-electron chi connectivity index (χ4n) is 2.51. The SMILES string of the molecule is CN(C)S(=O)(=O)c1cccc(CN2CCC(O)(C(F)(F)F)C2)c1. The molecule has 23 heavy (non-hydrogen) atoms. The second-order valence-corrected chi connectivity index (χ2v) is 8.08. The van der Waals surface area contributed by atoms with Gasteiger partial charge in [-0.15, -0.1) is 0 Å². The number of aliphatic hydroxyl groups is 1. The molecule has 1 aromatic rings. The molecule has 2 rings (SSSR count). The van der Waals surface area contributed by atoms with Gasteiger partial charge in [-0.1, -0.05) is 12.1 Å². The zero-order chi connectivity index (χ0) is 17.5. The van der Waals surface area contributed by atoms with Crippen molar-refractivity contribution < 1.29 is 26.7 Å². The summed E-state index contributed by atoms with van der Waals surface area (Å²) in [5, 5.41) is 9.66. The summed E-state index contributed by atoms with van der Waals surface area (Å²) in [6.45, 7) is -0.267. The highest BCUT2D eigenvalue weighted by atomic mass is 32.2. The van der Waals surface area contributed by atoms with Crippen molar-refractivity contribution in [1.29, 1.82) is 0 Å². The molecule has 0 radical (unpaired) electrons. The van der Waals surface area contributed by atoms with Gasteiger partial charge < -0.3 is 5.11 Å². The van der Waals surface area contributed by atoms with Crippen LogP contribution >= 0.6 is 0 Å². The van der Waals surface area contributed by atoms with Crippen LogP contribution in [0.1, 0.15) is 12.0 Å². The molecule has 1 N–H and O–H groups in total. The van der Waals surface area contributed by atoms with Crippen LogP contribution in [0.15, 0.2) is 29.2 Å². The number of hydrogen-bond donors (Lipinski definition) is 1. The Morgan fingerprint density at radius 3 is 2.52 bits per heavy atom. The largest absolute Gasteiger partial charge is 0.418 e. The molecule has 1 unspecified atom stereocenters. The van der Waals surface area contributed by atoms with Gasteiger partial charge in [-0.2, -0.15) is 13.2 Å². The molecule has 1 aliphatic rings. The van der Waals surface area contributed by atoms with Gasteiger partial charge in [0.1, 0.15) is 0 Å². The van der Waals surface area contributed by atoms with E-state index in [9.17, 15) is 26.7 Å². The highest BCUT2D eigenvalue weighted by molar-refractivity contribution is 7.89. The van der Waals surface area contributed by atoms with E-state index in [0.717, 1.165) is 4.31 Å². The topological polar surface area (TPSA) is 60.9 Å². The van der Waals surface area contributed by atoms with Crippen molar-refractivity contribution >= 4 is 10.0 Å². The molecule has 1 aliphatic heterocycles. The molecule has 0 spiro atoms. The van der Waals surface area contributed by atoms with E-state index in [0.29, 0.717) is 5.56 Å². The molecule has 1 fully saturated rings. The molecule has 0 aromatic heterocycles. The van der Waals surface area contributed by atoms with E-state index in [2.05, 4.69) is 0 Å². The van der Waals surface area contributed by atoms with Gasteiger partial charge in [0.25, 0.3) is 0 Å². The Morgan fingerprint density at radius 1 is 1.35 bits per heavy atom. The number of alkyl halides is 3. The monoisotopic (exact) mass is 352 g/mol. The summed E-state index contributed by atoms with van der Waals surface area (Å²) in [4.78, 5) is 1.56. The predicted octanol–water partition coefficient (Wildman–Crippen LogP) is 1.44. The molecule has 5 nitrogen and oxygen atoms in total. The number of β-amino-alcohol motifs (C(OH)–C–C–N with tert-alkyl or cyclic N) is 1. The Labute approximate surface area is 133 Å². The number of halogens is 3. The van der Waals surface area contributed by atoms with Gasteiger partial charge in [0, 0.05) is 33.7 Å². The van der Waals surface area contributed by atoms with Crippen LogP contribution in [0, 0.1) is 0 Å². The lowest BCUT2D eigenvalue weighted by Crippen LogP contribution is -2.47. The van der Waals surface area contributed by atoms with Gasteiger partial charge >= 0.3 is 6.18 Å². The van der Waals surface area contributed by atoms with Crippen molar-refractivity contribution in [3.63, 3.8) is 0 Å². The first-order chi connectivity index (χ1) is 10.5.